The molecular formula is C14H25Cl2N3OS. The van der Waals surface area contributed by atoms with Crippen LogP contribution >= 0.6 is 36.2 Å². The average molecular weight is 354 g/mol. The molecule has 0 spiro atoms. The molecule has 0 saturated carbocycles. The number of nitrogens with one attached hydrogen (secondary N) is 1. The molecule has 1 aromatic heterocycles. The Kier molecular flexibility index (Phi) is 9.45. The summed E-state index contributed by atoms with van der Waals surface area (Å²) in [6, 6.07) is 0.366. The van der Waals surface area contributed by atoms with E-state index in [9.17, 15) is 4.79 Å². The summed E-state index contributed by atoms with van der Waals surface area (Å²) >= 11 is 1.57. The molecule has 1 N–H and O–H groups in total. The maximum Gasteiger partial charge on any atom is 0.265 e. The van der Waals surface area contributed by atoms with Gasteiger partial charge in [-0.1, -0.05) is 6.92 Å². The number of halogens is 2. The van der Waals surface area contributed by atoms with Gasteiger partial charge in [0.05, 0.1) is 10.7 Å². The van der Waals surface area contributed by atoms with E-state index in [1.165, 1.54) is 0 Å². The van der Waals surface area contributed by atoms with Crippen molar-refractivity contribution in [3.05, 3.63) is 15.6 Å². The van der Waals surface area contributed by atoms with Crippen molar-refractivity contribution in [2.24, 2.45) is 0 Å². The molecule has 0 aliphatic carbocycles. The smallest absolute Gasteiger partial charge is 0.265 e. The first kappa shape index (κ1) is 20.6. The number of rotatable bonds is 4. The SMILES string of the molecule is CCCc1nc(C)c(C(=O)N(C)C2CCNCC2)s1.Cl.Cl. The Bertz CT molecular complexity index is 447. The molecule has 0 radical (unpaired) electrons. The van der Waals surface area contributed by atoms with Crippen LogP contribution in [0.4, 0.5) is 0 Å². The quantitative estimate of drug-likeness (QED) is 0.904. The van der Waals surface area contributed by atoms with Crippen molar-refractivity contribution >= 4 is 42.1 Å². The minimum absolute atomic E-state index is 0. The van der Waals surface area contributed by atoms with Gasteiger partial charge in [0.15, 0.2) is 0 Å². The van der Waals surface area contributed by atoms with Crippen LogP contribution in [0.2, 0.25) is 0 Å². The summed E-state index contributed by atoms with van der Waals surface area (Å²) in [5, 5.41) is 4.42. The minimum Gasteiger partial charge on any atom is -0.338 e. The van der Waals surface area contributed by atoms with Gasteiger partial charge in [-0.2, -0.15) is 0 Å². The Balaban J connectivity index is 0.00000200. The molecule has 0 atom stereocenters. The fraction of sp³-hybridized carbons (Fsp3) is 0.714. The lowest BCUT2D eigenvalue weighted by Crippen LogP contribution is -2.43. The number of carbonyl (C=O) groups is 1. The van der Waals surface area contributed by atoms with Gasteiger partial charge in [-0.3, -0.25) is 4.79 Å². The summed E-state index contributed by atoms with van der Waals surface area (Å²) in [6.07, 6.45) is 4.13. The number of nitrogens with zero attached hydrogens (tertiary/aromatic N) is 2. The molecule has 21 heavy (non-hydrogen) atoms. The molecular weight excluding hydrogens is 329 g/mol. The van der Waals surface area contributed by atoms with Gasteiger partial charge < -0.3 is 10.2 Å². The Morgan fingerprint density at radius 3 is 2.57 bits per heavy atom. The van der Waals surface area contributed by atoms with Crippen molar-refractivity contribution in [2.75, 3.05) is 20.1 Å². The first-order valence-electron chi connectivity index (χ1n) is 7.07. The summed E-state index contributed by atoms with van der Waals surface area (Å²) in [5.41, 5.74) is 0.888. The summed E-state index contributed by atoms with van der Waals surface area (Å²) in [5.74, 6) is 0.143. The Hall–Kier alpha value is -0.360. The third-order valence-electron chi connectivity index (χ3n) is 3.68. The molecule has 122 valence electrons. The molecule has 2 heterocycles. The molecule has 1 aliphatic rings. The van der Waals surface area contributed by atoms with Crippen LogP contribution in [0.15, 0.2) is 0 Å². The summed E-state index contributed by atoms with van der Waals surface area (Å²) in [4.78, 5) is 19.8. The maximum atomic E-state index is 12.6. The molecule has 1 amide bonds. The van der Waals surface area contributed by atoms with Gasteiger partial charge in [0.1, 0.15) is 4.88 Å². The van der Waals surface area contributed by atoms with E-state index in [-0.39, 0.29) is 30.7 Å². The van der Waals surface area contributed by atoms with E-state index in [2.05, 4.69) is 17.2 Å². The standard InChI is InChI=1S/C14H23N3OS.2ClH/c1-4-5-12-16-10(2)13(19-12)14(18)17(3)11-6-8-15-9-7-11;;/h11,15H,4-9H2,1-3H3;2*1H. The third-order valence-corrected chi connectivity index (χ3v) is 4.88. The van der Waals surface area contributed by atoms with Crippen molar-refractivity contribution in [1.29, 1.82) is 0 Å². The normalized spacial score (nSPS) is 15.0. The fourth-order valence-electron chi connectivity index (χ4n) is 2.49. The number of amides is 1. The van der Waals surface area contributed by atoms with Crippen molar-refractivity contribution in [3.8, 4) is 0 Å². The van der Waals surface area contributed by atoms with Gasteiger partial charge in [0.2, 0.25) is 0 Å². The van der Waals surface area contributed by atoms with Crippen molar-refractivity contribution in [1.82, 2.24) is 15.2 Å². The van der Waals surface area contributed by atoms with Crippen LogP contribution in [-0.4, -0.2) is 42.0 Å². The van der Waals surface area contributed by atoms with Gasteiger partial charge in [-0.15, -0.1) is 36.2 Å². The number of carbonyl (C=O) groups excluding carboxylic acids is 1. The molecule has 1 aromatic rings. The summed E-state index contributed by atoms with van der Waals surface area (Å²) in [6.45, 7) is 6.09. The second-order valence-corrected chi connectivity index (χ2v) is 6.25. The van der Waals surface area contributed by atoms with Gasteiger partial charge in [0, 0.05) is 13.1 Å². The zero-order chi connectivity index (χ0) is 13.8. The third kappa shape index (κ3) is 5.09. The van der Waals surface area contributed by atoms with Crippen LogP contribution in [0.5, 0.6) is 0 Å². The van der Waals surface area contributed by atoms with Gasteiger partial charge in [-0.05, 0) is 45.7 Å². The van der Waals surface area contributed by atoms with Crippen LogP contribution < -0.4 is 5.32 Å². The molecule has 2 rings (SSSR count). The zero-order valence-electron chi connectivity index (χ0n) is 12.8. The number of piperidine rings is 1. The first-order valence-corrected chi connectivity index (χ1v) is 7.89. The lowest BCUT2D eigenvalue weighted by atomic mass is 10.1. The van der Waals surface area contributed by atoms with Gasteiger partial charge >= 0.3 is 0 Å². The van der Waals surface area contributed by atoms with Crippen LogP contribution in [0, 0.1) is 6.92 Å². The molecule has 0 unspecified atom stereocenters. The number of aryl methyl sites for hydroxylation is 2. The highest BCUT2D eigenvalue weighted by molar-refractivity contribution is 7.13. The molecule has 1 fully saturated rings. The second-order valence-electron chi connectivity index (χ2n) is 5.17. The fourth-order valence-corrected chi connectivity index (χ4v) is 3.64. The van der Waals surface area contributed by atoms with E-state index in [1.807, 2.05) is 18.9 Å². The number of aromatic nitrogens is 1. The Morgan fingerprint density at radius 1 is 1.38 bits per heavy atom. The van der Waals surface area contributed by atoms with E-state index in [1.54, 1.807) is 11.3 Å². The summed E-state index contributed by atoms with van der Waals surface area (Å²) in [7, 11) is 1.93. The minimum atomic E-state index is 0. The Morgan fingerprint density at radius 2 is 2.00 bits per heavy atom. The molecule has 7 heteroatoms. The van der Waals surface area contributed by atoms with Crippen molar-refractivity contribution in [3.63, 3.8) is 0 Å². The van der Waals surface area contributed by atoms with Crippen molar-refractivity contribution in [2.45, 2.75) is 45.6 Å². The molecule has 0 bridgehead atoms. The molecule has 4 nitrogen and oxygen atoms in total. The molecule has 1 aliphatic heterocycles. The highest BCUT2D eigenvalue weighted by Gasteiger charge is 2.25. The van der Waals surface area contributed by atoms with Crippen molar-refractivity contribution < 1.29 is 4.79 Å². The van der Waals surface area contributed by atoms with E-state index >= 15 is 0 Å². The van der Waals surface area contributed by atoms with Crippen LogP contribution in [0.1, 0.15) is 46.6 Å². The predicted molar refractivity (Wildman–Crippen MR) is 93.3 cm³/mol. The first-order chi connectivity index (χ1) is 9.13. The van der Waals surface area contributed by atoms with E-state index in [0.717, 1.165) is 54.4 Å². The second kappa shape index (κ2) is 9.62. The largest absolute Gasteiger partial charge is 0.338 e. The zero-order valence-corrected chi connectivity index (χ0v) is 15.3. The van der Waals surface area contributed by atoms with Crippen LogP contribution in [0.3, 0.4) is 0 Å². The summed E-state index contributed by atoms with van der Waals surface area (Å²) < 4.78 is 0. The highest BCUT2D eigenvalue weighted by atomic mass is 35.5. The monoisotopic (exact) mass is 353 g/mol. The maximum absolute atomic E-state index is 12.6. The number of thiazole rings is 1. The predicted octanol–water partition coefficient (Wildman–Crippen LogP) is 3.07. The van der Waals surface area contributed by atoms with Gasteiger partial charge in [-0.25, -0.2) is 4.98 Å². The molecule has 1 saturated heterocycles. The van der Waals surface area contributed by atoms with E-state index in [0.29, 0.717) is 6.04 Å². The number of hydrogen-bond donors (Lipinski definition) is 1. The van der Waals surface area contributed by atoms with Gasteiger partial charge in [0.25, 0.3) is 5.91 Å². The highest BCUT2D eigenvalue weighted by Crippen LogP contribution is 2.23. The van der Waals surface area contributed by atoms with E-state index in [4.69, 9.17) is 0 Å². The number of hydrogen-bond acceptors (Lipinski definition) is 4. The van der Waals surface area contributed by atoms with Crippen LogP contribution in [-0.2, 0) is 6.42 Å². The lowest BCUT2D eigenvalue weighted by molar-refractivity contribution is 0.0707. The lowest BCUT2D eigenvalue weighted by Gasteiger charge is -2.31. The van der Waals surface area contributed by atoms with E-state index < -0.39 is 0 Å². The Labute approximate surface area is 143 Å². The topological polar surface area (TPSA) is 45.2 Å². The average Bonchev–Trinajstić information content (AvgIpc) is 2.79. The van der Waals surface area contributed by atoms with Crippen LogP contribution in [0.25, 0.3) is 0 Å². The molecule has 0 aromatic carbocycles.